The highest BCUT2D eigenvalue weighted by Crippen LogP contribution is 2.30. The molecule has 0 spiro atoms. The Hall–Kier alpha value is -3.36. The van der Waals surface area contributed by atoms with E-state index in [4.69, 9.17) is 16.3 Å². The van der Waals surface area contributed by atoms with Gasteiger partial charge in [0.05, 0.1) is 24.1 Å². The largest absolute Gasteiger partial charge is 0.497 e. The van der Waals surface area contributed by atoms with Crippen LogP contribution in [0.1, 0.15) is 0 Å². The normalized spacial score (nSPS) is 10.7. The molecule has 0 aliphatic rings. The zero-order valence-corrected chi connectivity index (χ0v) is 18.5. The average Bonchev–Trinajstić information content (AvgIpc) is 3.22. The number of hydrogen-bond acceptors (Lipinski definition) is 5. The van der Waals surface area contributed by atoms with Crippen molar-refractivity contribution in [3.05, 3.63) is 83.6 Å². The highest BCUT2D eigenvalue weighted by molar-refractivity contribution is 7.99. The Morgan fingerprint density at radius 3 is 2.59 bits per heavy atom. The first-order valence-corrected chi connectivity index (χ1v) is 10.9. The van der Waals surface area contributed by atoms with Gasteiger partial charge in [0, 0.05) is 10.7 Å². The molecule has 1 aromatic heterocycles. The Balaban J connectivity index is 1.62. The van der Waals surface area contributed by atoms with Gasteiger partial charge in [0.25, 0.3) is 0 Å². The van der Waals surface area contributed by atoms with Crippen molar-refractivity contribution >= 4 is 35.0 Å². The molecular weight excluding hydrogens is 451 g/mol. The number of methoxy groups -OCH3 is 1. The van der Waals surface area contributed by atoms with Crippen molar-refractivity contribution < 1.29 is 13.9 Å². The Morgan fingerprint density at radius 2 is 1.88 bits per heavy atom. The first kappa shape index (κ1) is 21.9. The number of nitrogens with zero attached hydrogens (tertiary/aromatic N) is 3. The quantitative estimate of drug-likeness (QED) is 0.364. The van der Waals surface area contributed by atoms with E-state index < -0.39 is 5.82 Å². The molecule has 3 aromatic carbocycles. The van der Waals surface area contributed by atoms with Crippen LogP contribution in [-0.4, -0.2) is 33.5 Å². The third-order valence-electron chi connectivity index (χ3n) is 4.52. The minimum Gasteiger partial charge on any atom is -0.497 e. The van der Waals surface area contributed by atoms with E-state index in [-0.39, 0.29) is 11.7 Å². The lowest BCUT2D eigenvalue weighted by Gasteiger charge is -2.11. The fourth-order valence-corrected chi connectivity index (χ4v) is 3.98. The third-order valence-corrected chi connectivity index (χ3v) is 5.68. The summed E-state index contributed by atoms with van der Waals surface area (Å²) in [5.74, 6) is 0.465. The molecule has 0 fully saturated rings. The number of hydrogen-bond donors (Lipinski definition) is 1. The van der Waals surface area contributed by atoms with Crippen LogP contribution in [-0.2, 0) is 4.79 Å². The van der Waals surface area contributed by atoms with Gasteiger partial charge in [-0.2, -0.15) is 0 Å². The SMILES string of the molecule is COc1ccc(-n2c(SCC(=O)Nc3cccc(Cl)c3)nnc2-c2ccccc2F)cc1. The zero-order valence-electron chi connectivity index (χ0n) is 17.0. The molecule has 32 heavy (non-hydrogen) atoms. The maximum absolute atomic E-state index is 14.5. The highest BCUT2D eigenvalue weighted by atomic mass is 35.5. The molecule has 0 saturated heterocycles. The van der Waals surface area contributed by atoms with Gasteiger partial charge in [-0.25, -0.2) is 4.39 Å². The zero-order chi connectivity index (χ0) is 22.5. The average molecular weight is 469 g/mol. The predicted octanol–water partition coefficient (Wildman–Crippen LogP) is 5.47. The first-order valence-electron chi connectivity index (χ1n) is 9.58. The minimum atomic E-state index is -0.412. The number of benzene rings is 3. The molecule has 0 bridgehead atoms. The molecule has 4 aromatic rings. The van der Waals surface area contributed by atoms with Crippen LogP contribution in [0, 0.1) is 5.82 Å². The summed E-state index contributed by atoms with van der Waals surface area (Å²) in [6.07, 6.45) is 0. The van der Waals surface area contributed by atoms with Crippen LogP contribution in [0.4, 0.5) is 10.1 Å². The van der Waals surface area contributed by atoms with Crippen LogP contribution in [0.2, 0.25) is 5.02 Å². The van der Waals surface area contributed by atoms with Gasteiger partial charge in [0.15, 0.2) is 11.0 Å². The Bertz CT molecular complexity index is 1250. The molecule has 1 amide bonds. The number of carbonyl (C=O) groups excluding carboxylic acids is 1. The Labute approximate surface area is 193 Å². The first-order chi connectivity index (χ1) is 15.5. The van der Waals surface area contributed by atoms with Crippen molar-refractivity contribution in [3.63, 3.8) is 0 Å². The van der Waals surface area contributed by atoms with E-state index in [2.05, 4.69) is 15.5 Å². The number of aromatic nitrogens is 3. The van der Waals surface area contributed by atoms with Crippen molar-refractivity contribution in [2.45, 2.75) is 5.16 Å². The molecule has 9 heteroatoms. The van der Waals surface area contributed by atoms with Crippen molar-refractivity contribution in [2.75, 3.05) is 18.2 Å². The summed E-state index contributed by atoms with van der Waals surface area (Å²) in [6, 6.07) is 20.5. The second-order valence-electron chi connectivity index (χ2n) is 6.67. The van der Waals surface area contributed by atoms with Gasteiger partial charge in [-0.3, -0.25) is 9.36 Å². The van der Waals surface area contributed by atoms with Gasteiger partial charge in [-0.1, -0.05) is 41.6 Å². The molecule has 0 atom stereocenters. The summed E-state index contributed by atoms with van der Waals surface area (Å²) in [6.45, 7) is 0. The molecule has 6 nitrogen and oxygen atoms in total. The summed E-state index contributed by atoms with van der Waals surface area (Å²) in [5.41, 5.74) is 1.63. The maximum atomic E-state index is 14.5. The molecule has 1 N–H and O–H groups in total. The second kappa shape index (κ2) is 9.84. The van der Waals surface area contributed by atoms with E-state index in [0.29, 0.717) is 38.7 Å². The summed E-state index contributed by atoms with van der Waals surface area (Å²) in [5, 5.41) is 12.2. The lowest BCUT2D eigenvalue weighted by atomic mass is 10.2. The summed E-state index contributed by atoms with van der Waals surface area (Å²) in [4.78, 5) is 12.5. The molecule has 0 aliphatic carbocycles. The van der Waals surface area contributed by atoms with Crippen LogP contribution in [0.25, 0.3) is 17.1 Å². The van der Waals surface area contributed by atoms with Gasteiger partial charge in [-0.15, -0.1) is 10.2 Å². The van der Waals surface area contributed by atoms with Crippen LogP contribution >= 0.6 is 23.4 Å². The van der Waals surface area contributed by atoms with Crippen molar-refractivity contribution in [2.24, 2.45) is 0 Å². The van der Waals surface area contributed by atoms with Crippen LogP contribution < -0.4 is 10.1 Å². The number of anilines is 1. The van der Waals surface area contributed by atoms with Crippen LogP contribution in [0.3, 0.4) is 0 Å². The number of carbonyl (C=O) groups is 1. The molecule has 0 saturated carbocycles. The standard InChI is InChI=1S/C23H18ClFN4O2S/c1-31-18-11-9-17(10-12-18)29-22(19-7-2-3-8-20(19)25)27-28-23(29)32-14-21(30)26-16-6-4-5-15(24)13-16/h2-13H,14H2,1H3,(H,26,30). The van der Waals surface area contributed by atoms with Gasteiger partial charge in [0.1, 0.15) is 11.6 Å². The monoisotopic (exact) mass is 468 g/mol. The Morgan fingerprint density at radius 1 is 1.09 bits per heavy atom. The summed E-state index contributed by atoms with van der Waals surface area (Å²) < 4.78 is 21.4. The van der Waals surface area contributed by atoms with Gasteiger partial charge in [-0.05, 0) is 54.6 Å². The molecule has 0 unspecified atom stereocenters. The van der Waals surface area contributed by atoms with Gasteiger partial charge < -0.3 is 10.1 Å². The fourth-order valence-electron chi connectivity index (χ4n) is 3.04. The van der Waals surface area contributed by atoms with Crippen LogP contribution in [0.5, 0.6) is 5.75 Å². The van der Waals surface area contributed by atoms with E-state index in [1.54, 1.807) is 66.3 Å². The van der Waals surface area contributed by atoms with E-state index in [1.165, 1.54) is 17.8 Å². The van der Waals surface area contributed by atoms with Gasteiger partial charge >= 0.3 is 0 Å². The van der Waals surface area contributed by atoms with E-state index in [9.17, 15) is 9.18 Å². The molecule has 1 heterocycles. The molecular formula is C23H18ClFN4O2S. The van der Waals surface area contributed by atoms with E-state index in [0.717, 1.165) is 0 Å². The number of nitrogens with one attached hydrogen (secondary N) is 1. The van der Waals surface area contributed by atoms with Crippen molar-refractivity contribution in [3.8, 4) is 22.8 Å². The minimum absolute atomic E-state index is 0.0814. The molecule has 0 radical (unpaired) electrons. The summed E-state index contributed by atoms with van der Waals surface area (Å²) >= 11 is 7.16. The molecule has 0 aliphatic heterocycles. The lowest BCUT2D eigenvalue weighted by Crippen LogP contribution is -2.14. The Kier molecular flexibility index (Phi) is 6.72. The van der Waals surface area contributed by atoms with Gasteiger partial charge in [0.2, 0.25) is 5.91 Å². The highest BCUT2D eigenvalue weighted by Gasteiger charge is 2.19. The van der Waals surface area contributed by atoms with E-state index >= 15 is 0 Å². The van der Waals surface area contributed by atoms with Crippen molar-refractivity contribution in [1.82, 2.24) is 14.8 Å². The number of halogens is 2. The number of thioether (sulfide) groups is 1. The maximum Gasteiger partial charge on any atom is 0.234 e. The number of ether oxygens (including phenoxy) is 1. The number of rotatable bonds is 7. The van der Waals surface area contributed by atoms with Crippen LogP contribution in [0.15, 0.2) is 78.0 Å². The number of amides is 1. The molecule has 162 valence electrons. The third kappa shape index (κ3) is 4.92. The fraction of sp³-hybridized carbons (Fsp3) is 0.0870. The molecule has 4 rings (SSSR count). The summed E-state index contributed by atoms with van der Waals surface area (Å²) in [7, 11) is 1.58. The predicted molar refractivity (Wildman–Crippen MR) is 124 cm³/mol. The topological polar surface area (TPSA) is 69.0 Å². The van der Waals surface area contributed by atoms with Crippen molar-refractivity contribution in [1.29, 1.82) is 0 Å². The smallest absolute Gasteiger partial charge is 0.234 e. The van der Waals surface area contributed by atoms with E-state index in [1.807, 2.05) is 12.1 Å². The lowest BCUT2D eigenvalue weighted by molar-refractivity contribution is -0.113. The second-order valence-corrected chi connectivity index (χ2v) is 8.05.